The molecule has 0 saturated heterocycles. The molecule has 0 saturated carbocycles. The van der Waals surface area contributed by atoms with Gasteiger partial charge in [0.05, 0.1) is 17.7 Å². The molecule has 0 N–H and O–H groups in total. The van der Waals surface area contributed by atoms with Gasteiger partial charge in [-0.25, -0.2) is 4.79 Å². The first kappa shape index (κ1) is 20.9. The zero-order chi connectivity index (χ0) is 23.3. The zero-order valence-corrected chi connectivity index (χ0v) is 19.2. The van der Waals surface area contributed by atoms with Crippen LogP contribution in [0, 0.1) is 6.92 Å². The van der Waals surface area contributed by atoms with Crippen molar-refractivity contribution in [2.24, 2.45) is 5.16 Å². The first-order valence-electron chi connectivity index (χ1n) is 11.1. The molecule has 0 radical (unpaired) electrons. The van der Waals surface area contributed by atoms with Gasteiger partial charge in [-0.1, -0.05) is 29.4 Å². The van der Waals surface area contributed by atoms with E-state index in [0.717, 1.165) is 45.2 Å². The minimum atomic E-state index is -0.443. The van der Waals surface area contributed by atoms with Gasteiger partial charge in [0.15, 0.2) is 5.78 Å². The number of carbonyl (C=O) groups excluding carboxylic acids is 2. The van der Waals surface area contributed by atoms with E-state index in [9.17, 15) is 9.59 Å². The van der Waals surface area contributed by atoms with Gasteiger partial charge >= 0.3 is 5.97 Å². The maximum atomic E-state index is 13.3. The second-order valence-corrected chi connectivity index (χ2v) is 8.45. The summed E-state index contributed by atoms with van der Waals surface area (Å²) >= 11 is 0. The van der Waals surface area contributed by atoms with E-state index >= 15 is 0 Å². The Labute approximate surface area is 192 Å². The smallest absolute Gasteiger partial charge is 0.331 e. The summed E-state index contributed by atoms with van der Waals surface area (Å²) in [6.45, 7) is 6.77. The molecule has 1 aromatic heterocycles. The summed E-state index contributed by atoms with van der Waals surface area (Å²) in [7, 11) is 2.01. The van der Waals surface area contributed by atoms with Gasteiger partial charge in [-0.3, -0.25) is 4.79 Å². The SMILES string of the molecule is CCn1c2ccc(C(=O)c3ccccc3C)cc2c2c3c(ccc21)/C(=N/OC(C)=O)CN3C. The number of ketones is 1. The van der Waals surface area contributed by atoms with Crippen molar-refractivity contribution in [3.05, 3.63) is 76.9 Å². The summed E-state index contributed by atoms with van der Waals surface area (Å²) in [5, 5.41) is 6.20. The first-order chi connectivity index (χ1) is 15.9. The second-order valence-electron chi connectivity index (χ2n) is 8.45. The van der Waals surface area contributed by atoms with E-state index < -0.39 is 5.97 Å². The highest BCUT2D eigenvalue weighted by Crippen LogP contribution is 2.41. The lowest BCUT2D eigenvalue weighted by Crippen LogP contribution is -2.17. The Morgan fingerprint density at radius 2 is 1.82 bits per heavy atom. The Morgan fingerprint density at radius 1 is 1.06 bits per heavy atom. The summed E-state index contributed by atoms with van der Waals surface area (Å²) in [5.74, 6) is -0.424. The van der Waals surface area contributed by atoms with Gasteiger partial charge in [0.25, 0.3) is 0 Å². The molecule has 0 spiro atoms. The quantitative estimate of drug-likeness (QED) is 0.253. The van der Waals surface area contributed by atoms with Crippen LogP contribution in [-0.4, -0.2) is 35.6 Å². The molecular weight excluding hydrogens is 414 g/mol. The van der Waals surface area contributed by atoms with E-state index in [-0.39, 0.29) is 5.78 Å². The summed E-state index contributed by atoms with van der Waals surface area (Å²) in [5.41, 5.74) is 7.23. The summed E-state index contributed by atoms with van der Waals surface area (Å²) in [4.78, 5) is 31.7. The third kappa shape index (κ3) is 3.30. The predicted octanol–water partition coefficient (Wildman–Crippen LogP) is 5.07. The standard InChI is InChI=1S/C27H25N3O3/c1-5-30-23-12-10-18(27(32)19-9-7-6-8-16(19)2)14-21(23)25-24(30)13-11-20-22(28-33-17(3)31)15-29(4)26(20)25/h6-14H,5,15H2,1-4H3/b28-22+. The molecule has 1 aliphatic rings. The molecule has 1 aliphatic heterocycles. The third-order valence-corrected chi connectivity index (χ3v) is 6.34. The van der Waals surface area contributed by atoms with Crippen LogP contribution in [0.3, 0.4) is 0 Å². The van der Waals surface area contributed by atoms with Crippen LogP contribution in [0.5, 0.6) is 0 Å². The number of fused-ring (bicyclic) bond motifs is 5. The fraction of sp³-hybridized carbons (Fsp3) is 0.222. The van der Waals surface area contributed by atoms with Crippen LogP contribution in [-0.2, 0) is 16.2 Å². The minimum absolute atomic E-state index is 0.0189. The van der Waals surface area contributed by atoms with E-state index in [1.165, 1.54) is 6.92 Å². The van der Waals surface area contributed by atoms with Crippen molar-refractivity contribution in [2.45, 2.75) is 27.3 Å². The van der Waals surface area contributed by atoms with Crippen molar-refractivity contribution >= 4 is 45.0 Å². The lowest BCUT2D eigenvalue weighted by molar-refractivity contribution is -0.140. The van der Waals surface area contributed by atoms with Crippen molar-refractivity contribution in [3.8, 4) is 0 Å². The van der Waals surface area contributed by atoms with E-state index in [4.69, 9.17) is 4.84 Å². The molecule has 0 fully saturated rings. The largest absolute Gasteiger partial charge is 0.367 e. The Hall–Kier alpha value is -3.93. The van der Waals surface area contributed by atoms with Crippen molar-refractivity contribution in [2.75, 3.05) is 18.5 Å². The van der Waals surface area contributed by atoms with E-state index in [0.29, 0.717) is 23.4 Å². The van der Waals surface area contributed by atoms with Crippen LogP contribution >= 0.6 is 0 Å². The second kappa shape index (κ2) is 7.89. The lowest BCUT2D eigenvalue weighted by Gasteiger charge is -2.13. The molecule has 4 aromatic rings. The van der Waals surface area contributed by atoms with Crippen molar-refractivity contribution < 1.29 is 14.4 Å². The molecule has 6 heteroatoms. The molecule has 0 amide bonds. The van der Waals surface area contributed by atoms with Crippen LogP contribution in [0.2, 0.25) is 0 Å². The molecule has 0 unspecified atom stereocenters. The highest BCUT2D eigenvalue weighted by Gasteiger charge is 2.28. The molecule has 33 heavy (non-hydrogen) atoms. The Balaban J connectivity index is 1.76. The molecular formula is C27H25N3O3. The van der Waals surface area contributed by atoms with Crippen molar-refractivity contribution in [3.63, 3.8) is 0 Å². The van der Waals surface area contributed by atoms with Crippen LogP contribution in [0.1, 0.15) is 40.9 Å². The Bertz CT molecular complexity index is 1480. The molecule has 0 bridgehead atoms. The van der Waals surface area contributed by atoms with Gasteiger partial charge in [0.2, 0.25) is 0 Å². The normalized spacial score (nSPS) is 14.3. The van der Waals surface area contributed by atoms with Crippen molar-refractivity contribution in [1.29, 1.82) is 0 Å². The molecule has 0 aliphatic carbocycles. The number of likely N-dealkylation sites (N-methyl/N-ethyl adjacent to an activating group) is 1. The summed E-state index contributed by atoms with van der Waals surface area (Å²) < 4.78 is 2.27. The predicted molar refractivity (Wildman–Crippen MR) is 131 cm³/mol. The number of benzene rings is 3. The number of carbonyl (C=O) groups is 2. The maximum absolute atomic E-state index is 13.3. The number of hydrogen-bond donors (Lipinski definition) is 0. The van der Waals surface area contributed by atoms with E-state index in [1.807, 2.05) is 62.5 Å². The van der Waals surface area contributed by atoms with Gasteiger partial charge in [-0.05, 0) is 49.7 Å². The fourth-order valence-corrected chi connectivity index (χ4v) is 4.85. The van der Waals surface area contributed by atoms with Gasteiger partial charge < -0.3 is 14.3 Å². The molecule has 166 valence electrons. The lowest BCUT2D eigenvalue weighted by atomic mass is 9.97. The molecule has 6 nitrogen and oxygen atoms in total. The number of hydrogen-bond acceptors (Lipinski definition) is 5. The van der Waals surface area contributed by atoms with Crippen LogP contribution < -0.4 is 4.90 Å². The van der Waals surface area contributed by atoms with Gasteiger partial charge in [0, 0.05) is 53.5 Å². The maximum Gasteiger partial charge on any atom is 0.331 e. The number of anilines is 1. The number of nitrogens with zero attached hydrogens (tertiary/aromatic N) is 3. The van der Waals surface area contributed by atoms with Crippen LogP contribution in [0.4, 0.5) is 5.69 Å². The fourth-order valence-electron chi connectivity index (χ4n) is 4.85. The Kier molecular flexibility index (Phi) is 5.01. The van der Waals surface area contributed by atoms with E-state index in [2.05, 4.69) is 27.6 Å². The summed E-state index contributed by atoms with van der Waals surface area (Å²) in [6.07, 6.45) is 0. The summed E-state index contributed by atoms with van der Waals surface area (Å²) in [6, 6.07) is 17.8. The number of aromatic nitrogens is 1. The number of oxime groups is 1. The number of rotatable bonds is 4. The third-order valence-electron chi connectivity index (χ3n) is 6.34. The highest BCUT2D eigenvalue weighted by molar-refractivity contribution is 6.24. The molecule has 2 heterocycles. The van der Waals surface area contributed by atoms with Crippen molar-refractivity contribution in [1.82, 2.24) is 4.57 Å². The molecule has 5 rings (SSSR count). The molecule has 3 aromatic carbocycles. The molecule has 0 atom stereocenters. The van der Waals surface area contributed by atoms with E-state index in [1.54, 1.807) is 0 Å². The monoisotopic (exact) mass is 439 g/mol. The zero-order valence-electron chi connectivity index (χ0n) is 19.2. The average molecular weight is 440 g/mol. The highest BCUT2D eigenvalue weighted by atomic mass is 16.7. The van der Waals surface area contributed by atoms with Gasteiger partial charge in [-0.15, -0.1) is 0 Å². The van der Waals surface area contributed by atoms with Gasteiger partial charge in [-0.2, -0.15) is 0 Å². The number of aryl methyl sites for hydroxylation is 2. The Morgan fingerprint density at radius 3 is 2.55 bits per heavy atom. The van der Waals surface area contributed by atoms with Gasteiger partial charge in [0.1, 0.15) is 5.71 Å². The minimum Gasteiger partial charge on any atom is -0.367 e. The first-order valence-corrected chi connectivity index (χ1v) is 11.1. The average Bonchev–Trinajstić information content (AvgIpc) is 3.30. The van der Waals surface area contributed by atoms with Crippen LogP contribution in [0.25, 0.3) is 21.8 Å². The van der Waals surface area contributed by atoms with Crippen LogP contribution in [0.15, 0.2) is 59.8 Å². The topological polar surface area (TPSA) is 63.9 Å².